The molecule has 0 bridgehead atoms. The number of anilines is 1. The molecule has 0 aromatic heterocycles. The minimum Gasteiger partial charge on any atom is -0.481 e. The van der Waals surface area contributed by atoms with Gasteiger partial charge in [-0.25, -0.2) is 12.8 Å². The van der Waals surface area contributed by atoms with Crippen LogP contribution < -0.4 is 4.31 Å². The van der Waals surface area contributed by atoms with E-state index < -0.39 is 21.8 Å². The minimum atomic E-state index is -3.76. The number of aliphatic carboxylic acids is 1. The van der Waals surface area contributed by atoms with Crippen LogP contribution in [-0.2, 0) is 21.2 Å². The molecule has 0 aliphatic rings. The molecule has 122 valence electrons. The van der Waals surface area contributed by atoms with Crippen molar-refractivity contribution in [3.05, 3.63) is 59.9 Å². The highest BCUT2D eigenvalue weighted by Gasteiger charge is 2.21. The number of sulfonamides is 1. The maximum absolute atomic E-state index is 12.9. The van der Waals surface area contributed by atoms with Crippen molar-refractivity contribution in [2.24, 2.45) is 0 Å². The van der Waals surface area contributed by atoms with Gasteiger partial charge in [0.25, 0.3) is 10.0 Å². The van der Waals surface area contributed by atoms with Gasteiger partial charge < -0.3 is 5.11 Å². The van der Waals surface area contributed by atoms with Crippen LogP contribution >= 0.6 is 0 Å². The minimum absolute atomic E-state index is 0.0123. The predicted octanol–water partition coefficient (Wildman–Crippen LogP) is 2.67. The lowest BCUT2D eigenvalue weighted by atomic mass is 10.1. The van der Waals surface area contributed by atoms with Crippen LogP contribution in [0.2, 0.25) is 0 Å². The van der Waals surface area contributed by atoms with Gasteiger partial charge in [0.2, 0.25) is 0 Å². The Balaban J connectivity index is 2.21. The van der Waals surface area contributed by atoms with Crippen LogP contribution in [0.3, 0.4) is 0 Å². The smallest absolute Gasteiger partial charge is 0.303 e. The predicted molar refractivity (Wildman–Crippen MR) is 84.4 cm³/mol. The molecule has 0 saturated carbocycles. The summed E-state index contributed by atoms with van der Waals surface area (Å²) >= 11 is 0. The fourth-order valence-corrected chi connectivity index (χ4v) is 3.22. The van der Waals surface area contributed by atoms with E-state index in [1.165, 1.54) is 43.4 Å². The monoisotopic (exact) mass is 337 g/mol. The normalized spacial score (nSPS) is 11.2. The van der Waals surface area contributed by atoms with Crippen molar-refractivity contribution in [2.45, 2.75) is 17.7 Å². The van der Waals surface area contributed by atoms with Crippen LogP contribution in [0.1, 0.15) is 12.0 Å². The average Bonchev–Trinajstić information content (AvgIpc) is 2.53. The Morgan fingerprint density at radius 1 is 1.09 bits per heavy atom. The number of nitrogens with zero attached hydrogens (tertiary/aromatic N) is 1. The molecule has 2 rings (SSSR count). The number of carbonyl (C=O) groups is 1. The van der Waals surface area contributed by atoms with Crippen molar-refractivity contribution in [3.63, 3.8) is 0 Å². The molecule has 23 heavy (non-hydrogen) atoms. The van der Waals surface area contributed by atoms with Crippen LogP contribution in [0.4, 0.5) is 10.1 Å². The summed E-state index contributed by atoms with van der Waals surface area (Å²) in [6, 6.07) is 11.2. The van der Waals surface area contributed by atoms with Crippen molar-refractivity contribution in [2.75, 3.05) is 11.4 Å². The molecule has 1 N–H and O–H groups in total. The molecule has 0 aliphatic carbocycles. The maximum Gasteiger partial charge on any atom is 0.303 e. The van der Waals surface area contributed by atoms with E-state index >= 15 is 0 Å². The first kappa shape index (κ1) is 17.0. The van der Waals surface area contributed by atoms with E-state index in [4.69, 9.17) is 5.11 Å². The highest BCUT2D eigenvalue weighted by molar-refractivity contribution is 7.92. The Morgan fingerprint density at radius 2 is 1.65 bits per heavy atom. The van der Waals surface area contributed by atoms with Gasteiger partial charge in [0.05, 0.1) is 10.6 Å². The van der Waals surface area contributed by atoms with Crippen LogP contribution in [0.25, 0.3) is 0 Å². The molecule has 0 amide bonds. The van der Waals surface area contributed by atoms with E-state index in [1.54, 1.807) is 12.1 Å². The highest BCUT2D eigenvalue weighted by Crippen LogP contribution is 2.22. The van der Waals surface area contributed by atoms with Crippen LogP contribution in [0.5, 0.6) is 0 Å². The second kappa shape index (κ2) is 6.78. The van der Waals surface area contributed by atoms with Crippen LogP contribution in [-0.4, -0.2) is 26.5 Å². The third kappa shape index (κ3) is 4.07. The van der Waals surface area contributed by atoms with Gasteiger partial charge in [0.1, 0.15) is 5.82 Å². The van der Waals surface area contributed by atoms with Gasteiger partial charge in [-0.05, 0) is 48.4 Å². The summed E-state index contributed by atoms with van der Waals surface area (Å²) in [4.78, 5) is 10.6. The van der Waals surface area contributed by atoms with Crippen molar-refractivity contribution in [1.29, 1.82) is 0 Å². The van der Waals surface area contributed by atoms with Crippen molar-refractivity contribution in [1.82, 2.24) is 0 Å². The van der Waals surface area contributed by atoms with Crippen LogP contribution in [0, 0.1) is 5.82 Å². The van der Waals surface area contributed by atoms with Gasteiger partial charge >= 0.3 is 5.97 Å². The van der Waals surface area contributed by atoms with E-state index in [0.29, 0.717) is 12.1 Å². The van der Waals surface area contributed by atoms with Gasteiger partial charge in [0, 0.05) is 13.5 Å². The summed E-state index contributed by atoms with van der Waals surface area (Å²) < 4.78 is 39.1. The fraction of sp³-hybridized carbons (Fsp3) is 0.188. The zero-order valence-electron chi connectivity index (χ0n) is 12.4. The zero-order chi connectivity index (χ0) is 17.0. The molecular weight excluding hydrogens is 321 g/mol. The second-order valence-corrected chi connectivity index (χ2v) is 6.96. The Hall–Kier alpha value is -2.41. The summed E-state index contributed by atoms with van der Waals surface area (Å²) in [5.74, 6) is -1.35. The van der Waals surface area contributed by atoms with E-state index in [0.717, 1.165) is 9.87 Å². The number of carboxylic acids is 1. The lowest BCUT2D eigenvalue weighted by molar-refractivity contribution is -0.136. The van der Waals surface area contributed by atoms with Gasteiger partial charge in [-0.1, -0.05) is 12.1 Å². The largest absolute Gasteiger partial charge is 0.481 e. The van der Waals surface area contributed by atoms with Crippen molar-refractivity contribution >= 4 is 21.7 Å². The number of hydrogen-bond acceptors (Lipinski definition) is 3. The van der Waals surface area contributed by atoms with Crippen molar-refractivity contribution in [3.8, 4) is 0 Å². The third-order valence-electron chi connectivity index (χ3n) is 3.40. The Morgan fingerprint density at radius 3 is 2.17 bits per heavy atom. The number of aryl methyl sites for hydroxylation is 1. The van der Waals surface area contributed by atoms with E-state index in [-0.39, 0.29) is 11.3 Å². The maximum atomic E-state index is 12.9. The van der Waals surface area contributed by atoms with Crippen LogP contribution in [0.15, 0.2) is 53.4 Å². The quantitative estimate of drug-likeness (QED) is 0.879. The number of rotatable bonds is 6. The molecule has 0 spiro atoms. The summed E-state index contributed by atoms with van der Waals surface area (Å²) in [6.45, 7) is 0. The Bertz CT molecular complexity index is 786. The fourth-order valence-electron chi connectivity index (χ4n) is 2.03. The van der Waals surface area contributed by atoms with E-state index in [1.807, 2.05) is 0 Å². The number of hydrogen-bond donors (Lipinski definition) is 1. The molecule has 0 aliphatic heterocycles. The Kier molecular flexibility index (Phi) is 5.00. The van der Waals surface area contributed by atoms with E-state index in [2.05, 4.69) is 0 Å². The highest BCUT2D eigenvalue weighted by atomic mass is 32.2. The molecule has 2 aromatic rings. The molecule has 0 heterocycles. The molecule has 0 atom stereocenters. The average molecular weight is 337 g/mol. The lowest BCUT2D eigenvalue weighted by Gasteiger charge is -2.19. The Labute approximate surface area is 134 Å². The lowest BCUT2D eigenvalue weighted by Crippen LogP contribution is -2.26. The second-order valence-electron chi connectivity index (χ2n) is 4.99. The topological polar surface area (TPSA) is 74.7 Å². The first-order valence-electron chi connectivity index (χ1n) is 6.86. The van der Waals surface area contributed by atoms with Gasteiger partial charge in [-0.2, -0.15) is 0 Å². The standard InChI is InChI=1S/C16H16FNO4S/c1-18(14-7-5-13(17)6-8-14)23(21,22)15-9-2-12(3-10-15)4-11-16(19)20/h2-3,5-10H,4,11H2,1H3,(H,19,20). The molecule has 2 aromatic carbocycles. The summed E-state index contributed by atoms with van der Waals surface area (Å²) in [5.41, 5.74) is 1.09. The zero-order valence-corrected chi connectivity index (χ0v) is 13.3. The summed E-state index contributed by atoms with van der Waals surface area (Å²) in [5, 5.41) is 8.65. The first-order chi connectivity index (χ1) is 10.8. The number of benzene rings is 2. The number of halogens is 1. The van der Waals surface area contributed by atoms with Gasteiger partial charge in [-0.3, -0.25) is 9.10 Å². The SMILES string of the molecule is CN(c1ccc(F)cc1)S(=O)(=O)c1ccc(CCC(=O)O)cc1. The van der Waals surface area contributed by atoms with Gasteiger partial charge in [0.15, 0.2) is 0 Å². The molecule has 0 fully saturated rings. The molecule has 0 radical (unpaired) electrons. The van der Waals surface area contributed by atoms with Gasteiger partial charge in [-0.15, -0.1) is 0 Å². The number of carboxylic acid groups (broad SMARTS) is 1. The molecule has 5 nitrogen and oxygen atoms in total. The summed E-state index contributed by atoms with van der Waals surface area (Å²) in [7, 11) is -2.37. The molecular formula is C16H16FNO4S. The third-order valence-corrected chi connectivity index (χ3v) is 5.20. The molecule has 0 unspecified atom stereocenters. The van der Waals surface area contributed by atoms with E-state index in [9.17, 15) is 17.6 Å². The molecule has 0 saturated heterocycles. The summed E-state index contributed by atoms with van der Waals surface area (Å²) in [6.07, 6.45) is 0.324. The van der Waals surface area contributed by atoms with Crippen molar-refractivity contribution < 1.29 is 22.7 Å². The molecule has 7 heteroatoms. The first-order valence-corrected chi connectivity index (χ1v) is 8.30.